The van der Waals surface area contributed by atoms with Gasteiger partial charge in [0, 0.05) is 82.7 Å². The molecule has 0 unspecified atom stereocenters. The minimum atomic E-state index is -0.361. The number of fused-ring (bicyclic) bond motifs is 24. The molecule has 0 fully saturated rings. The molecule has 0 aliphatic heterocycles. The average Bonchev–Trinajstić information content (AvgIpc) is 1.57. The van der Waals surface area contributed by atoms with Gasteiger partial charge in [-0.15, -0.1) is 0 Å². The summed E-state index contributed by atoms with van der Waals surface area (Å²) in [5, 5.41) is 14.2. The van der Waals surface area contributed by atoms with E-state index in [9.17, 15) is 0 Å². The van der Waals surface area contributed by atoms with Gasteiger partial charge in [-0.2, -0.15) is 0 Å². The molecule has 3 aliphatic rings. The van der Waals surface area contributed by atoms with Gasteiger partial charge in [0.15, 0.2) is 16.7 Å². The van der Waals surface area contributed by atoms with E-state index in [0.717, 1.165) is 123 Å². The van der Waals surface area contributed by atoms with Crippen molar-refractivity contribution in [1.29, 1.82) is 0 Å². The molecule has 6 heteroatoms. The Morgan fingerprint density at radius 3 is 1.09 bits per heavy atom. The van der Waals surface area contributed by atoms with Gasteiger partial charge in [-0.25, -0.2) is 0 Å². The molecule has 0 bridgehead atoms. The lowest BCUT2D eigenvalue weighted by atomic mass is 9.78. The summed E-state index contributed by atoms with van der Waals surface area (Å²) >= 11 is 0. The predicted molar refractivity (Wildman–Crippen MR) is 515 cm³/mol. The molecule has 0 amide bonds. The molecule has 21 aromatic rings. The first-order valence-electron chi connectivity index (χ1n) is 43.3. The summed E-state index contributed by atoms with van der Waals surface area (Å²) in [5.74, 6) is 0. The Hall–Kier alpha value is -14.5. The average molecular weight is 1590 g/mol. The van der Waals surface area contributed by atoms with E-state index < -0.39 is 0 Å². The van der Waals surface area contributed by atoms with Gasteiger partial charge < -0.3 is 28.0 Å². The van der Waals surface area contributed by atoms with Crippen LogP contribution in [0, 0.1) is 6.92 Å². The zero-order valence-corrected chi connectivity index (χ0v) is 70.5. The second kappa shape index (κ2) is 26.8. The Morgan fingerprint density at radius 1 is 0.260 bits per heavy atom. The normalized spacial score (nSPS) is 14.0. The van der Waals surface area contributed by atoms with Gasteiger partial charge in [0.05, 0.1) is 17.1 Å². The van der Waals surface area contributed by atoms with Crippen LogP contribution in [-0.4, -0.2) is 0 Å². The zero-order chi connectivity index (χ0) is 82.7. The van der Waals surface area contributed by atoms with Gasteiger partial charge >= 0.3 is 0 Å². The monoisotopic (exact) mass is 1580 g/mol. The largest absolute Gasteiger partial charge is 0.454 e. The van der Waals surface area contributed by atoms with E-state index in [1.807, 2.05) is 0 Å². The van der Waals surface area contributed by atoms with Crippen molar-refractivity contribution in [1.82, 2.24) is 0 Å². The van der Waals surface area contributed by atoms with E-state index in [2.05, 4.69) is 429 Å². The van der Waals surface area contributed by atoms with Crippen LogP contribution in [-0.2, 0) is 34.5 Å². The fourth-order valence-electron chi connectivity index (χ4n) is 22.1. The van der Waals surface area contributed by atoms with Crippen molar-refractivity contribution >= 4 is 149 Å². The number of furan rings is 3. The first-order chi connectivity index (χ1) is 59.9. The summed E-state index contributed by atoms with van der Waals surface area (Å²) in [7, 11) is 0. The topological polar surface area (TPSA) is 49.1 Å². The molecule has 18 aromatic carbocycles. The summed E-state index contributed by atoms with van der Waals surface area (Å²) in [6, 6.07) is 131. The maximum absolute atomic E-state index is 7.29. The standard InChI is InChI=1S/C117H89N3O3/c1-70-25-10-20-36-101(70)120(82-54-60-88-94-57-45-76-28-13-16-31-85(76)110(94)117(8,9)100(88)68-82)104-64-72(62-96-90-33-18-22-39-106(90)123-113(96)104)61-71-41-48-78(49-42-71)119(81-53-59-87-93-56-44-75-27-12-15-30-84(75)109(93)116(6,7)99(87)67-81)103-65-73(63-97-91-34-19-23-40-107(91)122-112(97)103)69-114(2,3)77-46-50-79(51-47-77)118(102-37-24-35-95-89-32-17-21-38-105(89)121-111(95)102)80-52-58-86-92-55-43-74-26-11-14-29-83(74)108(92)115(4,5)98(86)66-80/h10-60,62-68H,61,69H2,1-9H3. The Morgan fingerprint density at radius 2 is 0.610 bits per heavy atom. The van der Waals surface area contributed by atoms with Crippen molar-refractivity contribution in [3.05, 3.63) is 413 Å². The van der Waals surface area contributed by atoms with Crippen molar-refractivity contribution in [3.8, 4) is 33.4 Å². The minimum absolute atomic E-state index is 0.262. The highest BCUT2D eigenvalue weighted by molar-refractivity contribution is 6.14. The fourth-order valence-corrected chi connectivity index (χ4v) is 22.1. The number of nitrogens with zero attached hydrogens (tertiary/aromatic N) is 3. The van der Waals surface area contributed by atoms with Gasteiger partial charge in [-0.3, -0.25) is 0 Å². The molecule has 123 heavy (non-hydrogen) atoms. The van der Waals surface area contributed by atoms with Crippen LogP contribution in [0.15, 0.2) is 365 Å². The lowest BCUT2D eigenvalue weighted by Crippen LogP contribution is -2.21. The number of aryl methyl sites for hydroxylation is 1. The quantitative estimate of drug-likeness (QED) is 0.108. The van der Waals surface area contributed by atoms with Crippen LogP contribution in [0.1, 0.15) is 117 Å². The van der Waals surface area contributed by atoms with Gasteiger partial charge in [-0.05, 0) is 267 Å². The number of benzene rings is 18. The molecule has 0 radical (unpaired) electrons. The highest BCUT2D eigenvalue weighted by Gasteiger charge is 2.42. The van der Waals surface area contributed by atoms with E-state index in [4.69, 9.17) is 13.3 Å². The zero-order valence-electron chi connectivity index (χ0n) is 70.5. The molecule has 24 rings (SSSR count). The molecular formula is C117H89N3O3. The summed E-state index contributed by atoms with van der Waals surface area (Å²) in [6.45, 7) is 21.4. The number of hydrogen-bond acceptors (Lipinski definition) is 6. The highest BCUT2D eigenvalue weighted by Crippen LogP contribution is 2.59. The maximum Gasteiger partial charge on any atom is 0.159 e. The molecule has 3 heterocycles. The molecule has 0 N–H and O–H groups in total. The Balaban J connectivity index is 0.627. The Labute approximate surface area is 715 Å². The van der Waals surface area contributed by atoms with Crippen LogP contribution in [0.3, 0.4) is 0 Å². The number of rotatable bonds is 14. The van der Waals surface area contributed by atoms with E-state index in [1.54, 1.807) is 0 Å². The van der Waals surface area contributed by atoms with Crippen LogP contribution in [0.5, 0.6) is 0 Å². The molecule has 0 saturated carbocycles. The first-order valence-corrected chi connectivity index (χ1v) is 43.3. The molecule has 3 aromatic heterocycles. The van der Waals surface area contributed by atoms with Crippen molar-refractivity contribution < 1.29 is 13.3 Å². The number of hydrogen-bond donors (Lipinski definition) is 0. The second-order valence-corrected chi connectivity index (χ2v) is 36.9. The molecule has 6 nitrogen and oxygen atoms in total. The summed E-state index contributed by atoms with van der Waals surface area (Å²) in [6.07, 6.45) is 1.39. The van der Waals surface area contributed by atoms with Crippen LogP contribution in [0.25, 0.3) is 132 Å². The smallest absolute Gasteiger partial charge is 0.159 e. The molecule has 3 aliphatic carbocycles. The third kappa shape index (κ3) is 11.0. The highest BCUT2D eigenvalue weighted by atomic mass is 16.3. The maximum atomic E-state index is 7.29. The summed E-state index contributed by atoms with van der Waals surface area (Å²) < 4.78 is 21.3. The van der Waals surface area contributed by atoms with Gasteiger partial charge in [0.2, 0.25) is 0 Å². The third-order valence-electron chi connectivity index (χ3n) is 28.0. The molecule has 0 atom stereocenters. The molecule has 0 spiro atoms. The van der Waals surface area contributed by atoms with Gasteiger partial charge in [0.1, 0.15) is 16.7 Å². The predicted octanol–water partition coefficient (Wildman–Crippen LogP) is 32.6. The van der Waals surface area contributed by atoms with E-state index in [0.29, 0.717) is 6.42 Å². The van der Waals surface area contributed by atoms with Crippen LogP contribution < -0.4 is 14.7 Å². The van der Waals surface area contributed by atoms with E-state index >= 15 is 0 Å². The SMILES string of the molecule is Cc1ccccc1N(c1ccc2c(c1)C(C)(C)c1c-2ccc2ccccc12)c1cc(Cc2ccc(N(c3ccc4c(c3)C(C)(C)c3c-4ccc4ccccc34)c3cc(CC(C)(C)c4ccc(N(c5ccc6c(c5)C(C)(C)c5c-6ccc6ccccc56)c5cccc6c5oc5ccccc56)cc4)cc4c3oc3ccccc34)cc2)cc2c1oc1ccccc12. The van der Waals surface area contributed by atoms with Crippen molar-refractivity contribution in [2.24, 2.45) is 0 Å². The Bertz CT molecular complexity index is 8040. The summed E-state index contributed by atoms with van der Waals surface area (Å²) in [4.78, 5) is 7.36. The Kier molecular flexibility index (Phi) is 15.8. The van der Waals surface area contributed by atoms with Gasteiger partial charge in [-0.1, -0.05) is 292 Å². The fraction of sp³-hybridized carbons (Fsp3) is 0.128. The van der Waals surface area contributed by atoms with Crippen LogP contribution >= 0.6 is 0 Å². The number of anilines is 9. The molecule has 0 saturated heterocycles. The van der Waals surface area contributed by atoms with E-state index in [-0.39, 0.29) is 21.7 Å². The van der Waals surface area contributed by atoms with Crippen molar-refractivity contribution in [3.63, 3.8) is 0 Å². The van der Waals surface area contributed by atoms with Crippen LogP contribution in [0.4, 0.5) is 51.2 Å². The number of para-hydroxylation sites is 5. The van der Waals surface area contributed by atoms with Crippen molar-refractivity contribution in [2.75, 3.05) is 14.7 Å². The lowest BCUT2D eigenvalue weighted by Gasteiger charge is -2.31. The minimum Gasteiger partial charge on any atom is -0.454 e. The van der Waals surface area contributed by atoms with Gasteiger partial charge in [0.25, 0.3) is 0 Å². The summed E-state index contributed by atoms with van der Waals surface area (Å²) in [5.41, 5.74) is 35.0. The lowest BCUT2D eigenvalue weighted by molar-refractivity contribution is 0.522. The molecule has 590 valence electrons. The van der Waals surface area contributed by atoms with E-state index in [1.165, 1.54) is 127 Å². The first kappa shape index (κ1) is 72.5. The van der Waals surface area contributed by atoms with Crippen molar-refractivity contribution in [2.45, 2.75) is 96.8 Å². The molecular weight excluding hydrogens is 1500 g/mol. The second-order valence-electron chi connectivity index (χ2n) is 36.9. The van der Waals surface area contributed by atoms with Crippen LogP contribution in [0.2, 0.25) is 0 Å². The third-order valence-corrected chi connectivity index (χ3v) is 28.0.